The smallest absolute Gasteiger partial charge is 0.281 e. The maximum Gasteiger partial charge on any atom is 0.281 e. The highest BCUT2D eigenvalue weighted by Crippen LogP contribution is 2.31. The normalized spacial score (nSPS) is 17.8. The molecule has 0 aliphatic carbocycles. The Hall–Kier alpha value is -3.15. The number of nitrogens with zero attached hydrogens (tertiary/aromatic N) is 4. The molecule has 1 unspecified atom stereocenters. The summed E-state index contributed by atoms with van der Waals surface area (Å²) in [5, 5.41) is 6.53. The van der Waals surface area contributed by atoms with E-state index in [9.17, 15) is 13.2 Å². The SMILES string of the molecule is CC1(C)C[C@H](CCC(Nc2cccc(S(=O)(=O)NC(=O)c3ccc(C(C)(C)C)nc3Cl)n2)c2cncnc2)CN1. The molecule has 0 radical (unpaired) electrons. The summed E-state index contributed by atoms with van der Waals surface area (Å²) in [5.74, 6) is -0.00796. The Labute approximate surface area is 240 Å². The molecule has 3 aromatic rings. The molecule has 10 nitrogen and oxygen atoms in total. The predicted molar refractivity (Wildman–Crippen MR) is 155 cm³/mol. The lowest BCUT2D eigenvalue weighted by molar-refractivity contribution is 0.0981. The van der Waals surface area contributed by atoms with E-state index in [0.29, 0.717) is 17.4 Å². The minimum atomic E-state index is -4.29. The van der Waals surface area contributed by atoms with Gasteiger partial charge >= 0.3 is 0 Å². The number of aromatic nitrogens is 4. The largest absolute Gasteiger partial charge is 0.363 e. The van der Waals surface area contributed by atoms with Gasteiger partial charge < -0.3 is 10.6 Å². The minimum absolute atomic E-state index is 0.0405. The number of sulfonamides is 1. The van der Waals surface area contributed by atoms with Crippen molar-refractivity contribution >= 4 is 33.3 Å². The number of pyridine rings is 2. The van der Waals surface area contributed by atoms with Crippen LogP contribution in [0.2, 0.25) is 5.15 Å². The molecule has 1 saturated heterocycles. The molecule has 0 spiro atoms. The summed E-state index contributed by atoms with van der Waals surface area (Å²) in [4.78, 5) is 29.7. The molecule has 0 aromatic carbocycles. The highest BCUT2D eigenvalue weighted by Gasteiger charge is 2.31. The first kappa shape index (κ1) is 29.8. The summed E-state index contributed by atoms with van der Waals surface area (Å²) in [7, 11) is -4.29. The Morgan fingerprint density at radius 1 is 1.15 bits per heavy atom. The molecule has 3 N–H and O–H groups in total. The highest BCUT2D eigenvalue weighted by atomic mass is 35.5. The van der Waals surface area contributed by atoms with E-state index in [4.69, 9.17) is 11.6 Å². The van der Waals surface area contributed by atoms with Crippen molar-refractivity contribution in [3.8, 4) is 0 Å². The average molecular weight is 586 g/mol. The van der Waals surface area contributed by atoms with Crippen LogP contribution in [0.25, 0.3) is 0 Å². The zero-order chi connectivity index (χ0) is 29.1. The third-order valence-electron chi connectivity index (χ3n) is 6.92. The zero-order valence-corrected chi connectivity index (χ0v) is 25.0. The second-order valence-corrected chi connectivity index (χ2v) is 13.8. The lowest BCUT2D eigenvalue weighted by atomic mass is 9.91. The fourth-order valence-electron chi connectivity index (χ4n) is 4.78. The van der Waals surface area contributed by atoms with Crippen molar-refractivity contribution < 1.29 is 13.2 Å². The fourth-order valence-corrected chi connectivity index (χ4v) is 5.95. The molecule has 0 saturated carbocycles. The lowest BCUT2D eigenvalue weighted by Gasteiger charge is -2.22. The number of amides is 1. The summed E-state index contributed by atoms with van der Waals surface area (Å²) in [6.07, 6.45) is 7.77. The molecule has 1 aliphatic rings. The summed E-state index contributed by atoms with van der Waals surface area (Å²) in [5.41, 5.74) is 1.35. The van der Waals surface area contributed by atoms with E-state index in [2.05, 4.69) is 49.1 Å². The number of hydrogen-bond donors (Lipinski definition) is 3. The Morgan fingerprint density at radius 3 is 2.50 bits per heavy atom. The quantitative estimate of drug-likeness (QED) is 0.306. The zero-order valence-electron chi connectivity index (χ0n) is 23.4. The van der Waals surface area contributed by atoms with Gasteiger partial charge in [0.25, 0.3) is 15.9 Å². The summed E-state index contributed by atoms with van der Waals surface area (Å²) in [6, 6.07) is 7.53. The van der Waals surface area contributed by atoms with Crippen molar-refractivity contribution in [1.82, 2.24) is 30.0 Å². The van der Waals surface area contributed by atoms with Gasteiger partial charge in [-0.3, -0.25) is 4.79 Å². The van der Waals surface area contributed by atoms with Gasteiger partial charge in [0.1, 0.15) is 17.3 Å². The van der Waals surface area contributed by atoms with Crippen LogP contribution in [-0.2, 0) is 15.4 Å². The lowest BCUT2D eigenvalue weighted by Crippen LogP contribution is -2.32. The van der Waals surface area contributed by atoms with Gasteiger partial charge in [0.05, 0.1) is 11.6 Å². The van der Waals surface area contributed by atoms with Crippen LogP contribution in [0.15, 0.2) is 54.1 Å². The molecule has 1 aliphatic heterocycles. The van der Waals surface area contributed by atoms with Crippen molar-refractivity contribution in [2.24, 2.45) is 5.92 Å². The number of anilines is 1. The minimum Gasteiger partial charge on any atom is -0.363 e. The van der Waals surface area contributed by atoms with Gasteiger partial charge in [-0.1, -0.05) is 38.4 Å². The second-order valence-electron chi connectivity index (χ2n) is 11.9. The Bertz CT molecular complexity index is 1460. The molecule has 12 heteroatoms. The number of carbonyl (C=O) groups is 1. The predicted octanol–water partition coefficient (Wildman–Crippen LogP) is 4.66. The van der Waals surface area contributed by atoms with E-state index in [1.807, 2.05) is 20.8 Å². The second kappa shape index (κ2) is 11.8. The van der Waals surface area contributed by atoms with Crippen LogP contribution in [0, 0.1) is 5.92 Å². The average Bonchev–Trinajstić information content (AvgIpc) is 3.24. The van der Waals surface area contributed by atoms with Crippen LogP contribution in [0.5, 0.6) is 0 Å². The highest BCUT2D eigenvalue weighted by molar-refractivity contribution is 7.90. The van der Waals surface area contributed by atoms with Crippen LogP contribution < -0.4 is 15.4 Å². The van der Waals surface area contributed by atoms with Crippen LogP contribution in [0.1, 0.15) is 81.5 Å². The van der Waals surface area contributed by atoms with Crippen LogP contribution in [0.3, 0.4) is 0 Å². The standard InChI is InChI=1S/C28H36ClN7O3S/c1-27(2,3)22-12-10-20(25(29)34-22)26(37)36-40(38,39)24-8-6-7-23(35-24)33-21(19-15-30-17-31-16-19)11-9-18-13-28(4,5)32-14-18/h6-8,10,12,15-18,21,32H,9,11,13-14H2,1-5H3,(H,33,35)(H,36,37)/t18-,21?/m0/s1. The van der Waals surface area contributed by atoms with Gasteiger partial charge in [-0.25, -0.2) is 24.7 Å². The van der Waals surface area contributed by atoms with Gasteiger partial charge in [0, 0.05) is 34.6 Å². The Morgan fingerprint density at radius 2 is 1.88 bits per heavy atom. The third-order valence-corrected chi connectivity index (χ3v) is 8.44. The first-order chi connectivity index (χ1) is 18.7. The number of halogens is 1. The molecule has 4 rings (SSSR count). The van der Waals surface area contributed by atoms with Crippen molar-refractivity contribution in [2.75, 3.05) is 11.9 Å². The van der Waals surface area contributed by atoms with E-state index in [0.717, 1.165) is 31.4 Å². The van der Waals surface area contributed by atoms with E-state index < -0.39 is 15.9 Å². The third kappa shape index (κ3) is 7.52. The molecule has 4 heterocycles. The Kier molecular flexibility index (Phi) is 8.77. The van der Waals surface area contributed by atoms with Crippen LogP contribution in [0.4, 0.5) is 5.82 Å². The first-order valence-electron chi connectivity index (χ1n) is 13.2. The summed E-state index contributed by atoms with van der Waals surface area (Å²) < 4.78 is 28.3. The van der Waals surface area contributed by atoms with Gasteiger partial charge in [-0.05, 0) is 69.8 Å². The molecule has 1 fully saturated rings. The maximum absolute atomic E-state index is 13.1. The first-order valence-corrected chi connectivity index (χ1v) is 15.1. The van der Waals surface area contributed by atoms with E-state index in [1.54, 1.807) is 30.6 Å². The summed E-state index contributed by atoms with van der Waals surface area (Å²) >= 11 is 6.23. The number of nitrogens with one attached hydrogen (secondary N) is 3. The molecule has 2 atom stereocenters. The number of rotatable bonds is 9. The number of carbonyl (C=O) groups excluding carboxylic acids is 1. The van der Waals surface area contributed by atoms with Crippen molar-refractivity contribution in [3.05, 3.63) is 71.0 Å². The van der Waals surface area contributed by atoms with E-state index in [-0.39, 0.29) is 32.7 Å². The van der Waals surface area contributed by atoms with E-state index in [1.165, 1.54) is 18.5 Å². The molecule has 0 bridgehead atoms. The monoisotopic (exact) mass is 585 g/mol. The number of hydrogen-bond acceptors (Lipinski definition) is 9. The summed E-state index contributed by atoms with van der Waals surface area (Å²) in [6.45, 7) is 11.2. The molecule has 40 heavy (non-hydrogen) atoms. The van der Waals surface area contributed by atoms with Crippen LogP contribution in [-0.4, -0.2) is 46.3 Å². The van der Waals surface area contributed by atoms with E-state index >= 15 is 0 Å². The van der Waals surface area contributed by atoms with Gasteiger partial charge in [-0.2, -0.15) is 8.42 Å². The molecular weight excluding hydrogens is 550 g/mol. The molecule has 1 amide bonds. The van der Waals surface area contributed by atoms with Gasteiger partial charge in [0.15, 0.2) is 5.03 Å². The van der Waals surface area contributed by atoms with Crippen molar-refractivity contribution in [2.45, 2.75) is 75.9 Å². The maximum atomic E-state index is 13.1. The topological polar surface area (TPSA) is 139 Å². The molecule has 3 aromatic heterocycles. The Balaban J connectivity index is 1.50. The van der Waals surface area contributed by atoms with Crippen molar-refractivity contribution in [3.63, 3.8) is 0 Å². The van der Waals surface area contributed by atoms with Gasteiger partial charge in [-0.15, -0.1) is 0 Å². The fraction of sp³-hybridized carbons (Fsp3) is 0.464. The van der Waals surface area contributed by atoms with Crippen molar-refractivity contribution in [1.29, 1.82) is 0 Å². The molecule has 214 valence electrons. The molecular formula is C28H36ClN7O3S. The van der Waals surface area contributed by atoms with Crippen LogP contribution >= 0.6 is 11.6 Å². The van der Waals surface area contributed by atoms with Gasteiger partial charge in [0.2, 0.25) is 0 Å².